The minimum absolute atomic E-state index is 0.178. The van der Waals surface area contributed by atoms with E-state index in [2.05, 4.69) is 15.1 Å². The molecule has 0 amide bonds. The Hall–Kier alpha value is -1.49. The van der Waals surface area contributed by atoms with Gasteiger partial charge in [0, 0.05) is 13.2 Å². The third kappa shape index (κ3) is 1.83. The van der Waals surface area contributed by atoms with E-state index in [-0.39, 0.29) is 10.8 Å². The first-order valence-corrected chi connectivity index (χ1v) is 4.65. The summed E-state index contributed by atoms with van der Waals surface area (Å²) in [6, 6.07) is 1.74. The maximum absolute atomic E-state index is 13.1. The van der Waals surface area contributed by atoms with Crippen LogP contribution < -0.4 is 0 Å². The number of halogens is 2. The Balaban J connectivity index is 2.55. The van der Waals surface area contributed by atoms with E-state index in [9.17, 15) is 4.39 Å². The van der Waals surface area contributed by atoms with Crippen molar-refractivity contribution >= 4 is 11.6 Å². The molecule has 2 rings (SSSR count). The molecule has 0 aromatic carbocycles. The summed E-state index contributed by atoms with van der Waals surface area (Å²) < 4.78 is 14.8. The van der Waals surface area contributed by atoms with E-state index in [0.29, 0.717) is 11.5 Å². The monoisotopic (exact) mass is 226 g/mol. The molecule has 0 radical (unpaired) electrons. The second-order valence-electron chi connectivity index (χ2n) is 3.11. The van der Waals surface area contributed by atoms with Gasteiger partial charge in [-0.1, -0.05) is 11.6 Å². The van der Waals surface area contributed by atoms with Crippen LogP contribution in [0.4, 0.5) is 4.39 Å². The van der Waals surface area contributed by atoms with Crippen molar-refractivity contribution in [2.45, 2.75) is 6.92 Å². The minimum atomic E-state index is -0.587. The molecule has 4 nitrogen and oxygen atoms in total. The summed E-state index contributed by atoms with van der Waals surface area (Å²) >= 11 is 5.62. The zero-order valence-electron chi connectivity index (χ0n) is 8.20. The summed E-state index contributed by atoms with van der Waals surface area (Å²) in [5, 5.41) is 3.93. The summed E-state index contributed by atoms with van der Waals surface area (Å²) in [7, 11) is 1.78. The lowest BCUT2D eigenvalue weighted by Crippen LogP contribution is -1.98. The van der Waals surface area contributed by atoms with E-state index in [1.54, 1.807) is 24.0 Å². The average Bonchev–Trinajstić information content (AvgIpc) is 2.60. The van der Waals surface area contributed by atoms with Crippen molar-refractivity contribution in [1.82, 2.24) is 19.7 Å². The van der Waals surface area contributed by atoms with Crippen molar-refractivity contribution in [3.8, 4) is 11.5 Å². The normalized spacial score (nSPS) is 10.7. The van der Waals surface area contributed by atoms with Crippen LogP contribution in [0.1, 0.15) is 5.69 Å². The molecule has 0 aliphatic heterocycles. The number of hydrogen-bond acceptors (Lipinski definition) is 3. The maximum atomic E-state index is 13.1. The highest BCUT2D eigenvalue weighted by molar-refractivity contribution is 6.29. The van der Waals surface area contributed by atoms with Crippen LogP contribution in [0.2, 0.25) is 5.15 Å². The van der Waals surface area contributed by atoms with Gasteiger partial charge in [0.15, 0.2) is 16.8 Å². The Morgan fingerprint density at radius 1 is 1.40 bits per heavy atom. The molecule has 0 saturated heterocycles. The van der Waals surface area contributed by atoms with Gasteiger partial charge in [-0.05, 0) is 13.0 Å². The zero-order chi connectivity index (χ0) is 11.0. The van der Waals surface area contributed by atoms with Gasteiger partial charge in [-0.2, -0.15) is 5.10 Å². The fourth-order valence-electron chi connectivity index (χ4n) is 1.17. The van der Waals surface area contributed by atoms with Gasteiger partial charge in [-0.25, -0.2) is 14.4 Å². The van der Waals surface area contributed by atoms with Gasteiger partial charge in [0.25, 0.3) is 0 Å². The molecule has 2 aromatic rings. The van der Waals surface area contributed by atoms with Crippen LogP contribution in [0.5, 0.6) is 0 Å². The standard InChI is InChI=1S/C9H8ClFN4/c1-5-7(11)8(10)13-9(12-5)6-3-4-15(2)14-6/h3-4H,1-2H3. The van der Waals surface area contributed by atoms with Gasteiger partial charge in [0.1, 0.15) is 5.69 Å². The Bertz CT molecular complexity index is 486. The maximum Gasteiger partial charge on any atom is 0.181 e. The number of hydrogen-bond donors (Lipinski definition) is 0. The molecular weight excluding hydrogens is 219 g/mol. The van der Waals surface area contributed by atoms with Gasteiger partial charge < -0.3 is 0 Å². The summed E-state index contributed by atoms with van der Waals surface area (Å²) in [4.78, 5) is 7.79. The quantitative estimate of drug-likeness (QED) is 0.699. The van der Waals surface area contributed by atoms with Crippen molar-refractivity contribution in [3.05, 3.63) is 28.9 Å². The van der Waals surface area contributed by atoms with Crippen LogP contribution in [0.3, 0.4) is 0 Å². The second-order valence-corrected chi connectivity index (χ2v) is 3.47. The molecule has 78 valence electrons. The first-order chi connectivity index (χ1) is 7.08. The molecule has 0 N–H and O–H groups in total. The van der Waals surface area contributed by atoms with Gasteiger partial charge in [-0.3, -0.25) is 4.68 Å². The van der Waals surface area contributed by atoms with E-state index in [1.807, 2.05) is 0 Å². The van der Waals surface area contributed by atoms with Crippen molar-refractivity contribution < 1.29 is 4.39 Å². The molecule has 15 heavy (non-hydrogen) atoms. The summed E-state index contributed by atoms with van der Waals surface area (Å²) in [5.41, 5.74) is 0.790. The highest BCUT2D eigenvalue weighted by Crippen LogP contribution is 2.19. The fourth-order valence-corrected chi connectivity index (χ4v) is 1.39. The largest absolute Gasteiger partial charge is 0.275 e. The molecule has 0 saturated carbocycles. The van der Waals surface area contributed by atoms with Gasteiger partial charge in [-0.15, -0.1) is 0 Å². The molecule has 0 unspecified atom stereocenters. The van der Waals surface area contributed by atoms with Crippen molar-refractivity contribution in [3.63, 3.8) is 0 Å². The first-order valence-electron chi connectivity index (χ1n) is 4.27. The van der Waals surface area contributed by atoms with Crippen LogP contribution in [-0.4, -0.2) is 19.7 Å². The molecule has 2 aromatic heterocycles. The Morgan fingerprint density at radius 2 is 2.13 bits per heavy atom. The molecule has 2 heterocycles. The third-order valence-corrected chi connectivity index (χ3v) is 2.17. The highest BCUT2D eigenvalue weighted by atomic mass is 35.5. The zero-order valence-corrected chi connectivity index (χ0v) is 8.96. The lowest BCUT2D eigenvalue weighted by Gasteiger charge is -2.00. The summed E-state index contributed by atoms with van der Waals surface area (Å²) in [6.07, 6.45) is 1.76. The number of aryl methyl sites for hydroxylation is 2. The molecule has 0 bridgehead atoms. The van der Waals surface area contributed by atoms with E-state index in [1.165, 1.54) is 6.92 Å². The fraction of sp³-hybridized carbons (Fsp3) is 0.222. The first kappa shape index (κ1) is 10.0. The average molecular weight is 227 g/mol. The number of rotatable bonds is 1. The Labute approximate surface area is 90.7 Å². The molecule has 0 aliphatic rings. The molecule has 6 heteroatoms. The topological polar surface area (TPSA) is 43.6 Å². The van der Waals surface area contributed by atoms with Crippen molar-refractivity contribution in [2.75, 3.05) is 0 Å². The second kappa shape index (κ2) is 3.58. The Kier molecular flexibility index (Phi) is 2.40. The molecule has 0 fully saturated rings. The van der Waals surface area contributed by atoms with Crippen LogP contribution in [-0.2, 0) is 7.05 Å². The molecule has 0 atom stereocenters. The van der Waals surface area contributed by atoms with Crippen molar-refractivity contribution in [1.29, 1.82) is 0 Å². The van der Waals surface area contributed by atoms with Crippen LogP contribution in [0.25, 0.3) is 11.5 Å². The third-order valence-electron chi connectivity index (χ3n) is 1.92. The molecule has 0 spiro atoms. The smallest absolute Gasteiger partial charge is 0.181 e. The summed E-state index contributed by atoms with van der Waals surface area (Å²) in [6.45, 7) is 1.54. The van der Waals surface area contributed by atoms with Crippen LogP contribution in [0.15, 0.2) is 12.3 Å². The molecular formula is C9H8ClFN4. The lowest BCUT2D eigenvalue weighted by atomic mass is 10.3. The van der Waals surface area contributed by atoms with Crippen molar-refractivity contribution in [2.24, 2.45) is 7.05 Å². The van der Waals surface area contributed by atoms with Gasteiger partial charge >= 0.3 is 0 Å². The highest BCUT2D eigenvalue weighted by Gasteiger charge is 2.12. The predicted molar refractivity (Wildman–Crippen MR) is 53.9 cm³/mol. The number of aromatic nitrogens is 4. The van der Waals surface area contributed by atoms with E-state index >= 15 is 0 Å². The predicted octanol–water partition coefficient (Wildman–Crippen LogP) is 1.98. The lowest BCUT2D eigenvalue weighted by molar-refractivity contribution is 0.602. The van der Waals surface area contributed by atoms with Gasteiger partial charge in [0.2, 0.25) is 0 Å². The van der Waals surface area contributed by atoms with E-state index < -0.39 is 5.82 Å². The minimum Gasteiger partial charge on any atom is -0.275 e. The SMILES string of the molecule is Cc1nc(-c2ccn(C)n2)nc(Cl)c1F. The molecule has 0 aliphatic carbocycles. The summed E-state index contributed by atoms with van der Waals surface area (Å²) in [5.74, 6) is -0.254. The van der Waals surface area contributed by atoms with Crippen LogP contribution in [0, 0.1) is 12.7 Å². The number of nitrogens with zero attached hydrogens (tertiary/aromatic N) is 4. The van der Waals surface area contributed by atoms with E-state index in [4.69, 9.17) is 11.6 Å². The van der Waals surface area contributed by atoms with Crippen LogP contribution >= 0.6 is 11.6 Å². The Morgan fingerprint density at radius 3 is 2.67 bits per heavy atom. The van der Waals surface area contributed by atoms with Gasteiger partial charge in [0.05, 0.1) is 5.69 Å². The van der Waals surface area contributed by atoms with E-state index in [0.717, 1.165) is 0 Å².